The predicted molar refractivity (Wildman–Crippen MR) is 150 cm³/mol. The fourth-order valence-electron chi connectivity index (χ4n) is 8.64. The number of carbonyl (C=O) groups is 3. The predicted octanol–water partition coefficient (Wildman–Crippen LogP) is 5.89. The summed E-state index contributed by atoms with van der Waals surface area (Å²) in [5.41, 5.74) is 1.44. The molecule has 0 radical (unpaired) electrons. The second-order valence-electron chi connectivity index (χ2n) is 13.6. The molecule has 4 rings (SSSR count). The number of hydrogen-bond donors (Lipinski definition) is 3. The van der Waals surface area contributed by atoms with Crippen molar-refractivity contribution >= 4 is 17.7 Å². The summed E-state index contributed by atoms with van der Waals surface area (Å²) in [6, 6.07) is 0. The van der Waals surface area contributed by atoms with Gasteiger partial charge < -0.3 is 16.0 Å². The van der Waals surface area contributed by atoms with Crippen LogP contribution in [0.4, 0.5) is 0 Å². The number of unbranched alkanes of at least 4 members (excludes halogenated alkanes) is 3. The molecule has 4 bridgehead atoms. The van der Waals surface area contributed by atoms with Crippen molar-refractivity contribution in [2.75, 3.05) is 19.6 Å². The van der Waals surface area contributed by atoms with E-state index in [9.17, 15) is 14.4 Å². The molecule has 6 nitrogen and oxygen atoms in total. The van der Waals surface area contributed by atoms with Crippen molar-refractivity contribution in [3.63, 3.8) is 0 Å². The summed E-state index contributed by atoms with van der Waals surface area (Å²) in [5, 5.41) is 9.07. The Morgan fingerprint density at radius 1 is 0.649 bits per heavy atom. The first-order valence-electron chi connectivity index (χ1n) is 15.3. The SMILES string of the molecule is CC(=O)NCCCCC12CCC3(CCCCNC(=O)C(C)C)CC(C1)CC(CCCCNC(C)=O)(C2)C3. The average Bonchev–Trinajstić information content (AvgIpc) is 2.97. The lowest BCUT2D eigenvalue weighted by Crippen LogP contribution is -2.45. The fraction of sp³-hybridized carbons (Fsp3) is 0.903. The Morgan fingerprint density at radius 3 is 1.49 bits per heavy atom. The Balaban J connectivity index is 1.62. The molecule has 4 fully saturated rings. The molecule has 0 aromatic carbocycles. The fourth-order valence-corrected chi connectivity index (χ4v) is 8.64. The highest BCUT2D eigenvalue weighted by atomic mass is 16.2. The van der Waals surface area contributed by atoms with Gasteiger partial charge in [0.1, 0.15) is 0 Å². The molecule has 4 unspecified atom stereocenters. The third kappa shape index (κ3) is 8.99. The van der Waals surface area contributed by atoms with Crippen LogP contribution in [0, 0.1) is 28.1 Å². The van der Waals surface area contributed by atoms with E-state index in [-0.39, 0.29) is 23.6 Å². The highest BCUT2D eigenvalue weighted by molar-refractivity contribution is 5.77. The molecule has 0 spiro atoms. The van der Waals surface area contributed by atoms with Gasteiger partial charge in [-0.3, -0.25) is 14.4 Å². The molecular formula is C31H55N3O3. The van der Waals surface area contributed by atoms with Gasteiger partial charge in [-0.05, 0) is 106 Å². The summed E-state index contributed by atoms with van der Waals surface area (Å²) >= 11 is 0. The second kappa shape index (κ2) is 13.5. The minimum absolute atomic E-state index is 0.0614. The number of hydrogen-bond acceptors (Lipinski definition) is 3. The zero-order chi connectivity index (χ0) is 26.9. The molecule has 0 aromatic heterocycles. The topological polar surface area (TPSA) is 87.3 Å². The Hall–Kier alpha value is -1.59. The Kier molecular flexibility index (Phi) is 10.9. The summed E-state index contributed by atoms with van der Waals surface area (Å²) in [4.78, 5) is 34.5. The maximum atomic E-state index is 11.9. The molecule has 0 aliphatic heterocycles. The van der Waals surface area contributed by atoms with Gasteiger partial charge in [0.2, 0.25) is 17.7 Å². The number of rotatable bonds is 16. The van der Waals surface area contributed by atoms with Crippen LogP contribution in [0.1, 0.15) is 130 Å². The first-order chi connectivity index (χ1) is 17.6. The van der Waals surface area contributed by atoms with E-state index in [1.807, 2.05) is 13.8 Å². The number of carbonyl (C=O) groups excluding carboxylic acids is 3. The summed E-state index contributed by atoms with van der Waals surface area (Å²) < 4.78 is 0. The third-order valence-corrected chi connectivity index (χ3v) is 9.82. The summed E-state index contributed by atoms with van der Waals surface area (Å²) in [6.45, 7) is 9.55. The molecule has 37 heavy (non-hydrogen) atoms. The van der Waals surface area contributed by atoms with Gasteiger partial charge in [0.25, 0.3) is 0 Å². The minimum atomic E-state index is 0.0614. The van der Waals surface area contributed by atoms with Crippen molar-refractivity contribution in [1.82, 2.24) is 16.0 Å². The van der Waals surface area contributed by atoms with Crippen molar-refractivity contribution in [2.45, 2.75) is 130 Å². The molecule has 0 aromatic rings. The Bertz CT molecular complexity index is 784. The van der Waals surface area contributed by atoms with Crippen molar-refractivity contribution in [3.05, 3.63) is 0 Å². The van der Waals surface area contributed by atoms with Gasteiger partial charge in [0.15, 0.2) is 0 Å². The molecule has 0 heterocycles. The van der Waals surface area contributed by atoms with E-state index in [1.54, 1.807) is 13.8 Å². The van der Waals surface area contributed by atoms with Crippen LogP contribution in [-0.2, 0) is 14.4 Å². The van der Waals surface area contributed by atoms with Crippen LogP contribution >= 0.6 is 0 Å². The van der Waals surface area contributed by atoms with E-state index in [0.29, 0.717) is 16.2 Å². The third-order valence-electron chi connectivity index (χ3n) is 9.82. The van der Waals surface area contributed by atoms with Gasteiger partial charge in [-0.1, -0.05) is 33.1 Å². The summed E-state index contributed by atoms with van der Waals surface area (Å²) in [7, 11) is 0. The molecule has 6 heteroatoms. The molecule has 4 atom stereocenters. The smallest absolute Gasteiger partial charge is 0.222 e. The van der Waals surface area contributed by atoms with E-state index >= 15 is 0 Å². The van der Waals surface area contributed by atoms with E-state index in [0.717, 1.165) is 44.8 Å². The van der Waals surface area contributed by atoms with Gasteiger partial charge in [-0.15, -0.1) is 0 Å². The van der Waals surface area contributed by atoms with Gasteiger partial charge in [-0.25, -0.2) is 0 Å². The van der Waals surface area contributed by atoms with Crippen molar-refractivity contribution in [2.24, 2.45) is 28.1 Å². The molecule has 4 aliphatic rings. The van der Waals surface area contributed by atoms with Crippen LogP contribution < -0.4 is 16.0 Å². The van der Waals surface area contributed by atoms with Crippen molar-refractivity contribution in [1.29, 1.82) is 0 Å². The Labute approximate surface area is 226 Å². The Morgan fingerprint density at radius 2 is 1.05 bits per heavy atom. The van der Waals surface area contributed by atoms with Crippen LogP contribution in [0.2, 0.25) is 0 Å². The van der Waals surface area contributed by atoms with E-state index in [2.05, 4.69) is 16.0 Å². The van der Waals surface area contributed by atoms with Crippen LogP contribution in [0.5, 0.6) is 0 Å². The number of amides is 3. The maximum Gasteiger partial charge on any atom is 0.222 e. The normalized spacial score (nSPS) is 30.2. The molecular weight excluding hydrogens is 462 g/mol. The maximum absolute atomic E-state index is 11.9. The molecule has 3 amide bonds. The zero-order valence-electron chi connectivity index (χ0n) is 24.3. The lowest BCUT2D eigenvalue weighted by atomic mass is 9.49. The van der Waals surface area contributed by atoms with Gasteiger partial charge in [-0.2, -0.15) is 0 Å². The standard InChI is InChI=1S/C31H55N3O3/c1-24(2)28(37)34-18-10-6-12-30-15-14-29(11-5-8-16-32-25(3)35)19-27(20-30)21-31(22-29,23-30)13-7-9-17-33-26(4)36/h24,27H,5-23H2,1-4H3,(H,32,35)(H,33,36)(H,34,37). The lowest BCUT2D eigenvalue weighted by Gasteiger charge is -2.56. The molecule has 3 N–H and O–H groups in total. The van der Waals surface area contributed by atoms with Gasteiger partial charge in [0, 0.05) is 39.4 Å². The van der Waals surface area contributed by atoms with Gasteiger partial charge in [0.05, 0.1) is 0 Å². The molecule has 0 saturated heterocycles. The van der Waals surface area contributed by atoms with E-state index in [1.165, 1.54) is 83.5 Å². The molecule has 4 saturated carbocycles. The van der Waals surface area contributed by atoms with Crippen LogP contribution in [0.25, 0.3) is 0 Å². The first-order valence-corrected chi connectivity index (χ1v) is 15.3. The van der Waals surface area contributed by atoms with Gasteiger partial charge >= 0.3 is 0 Å². The average molecular weight is 518 g/mol. The number of fused-ring (bicyclic) bond motifs is 1. The lowest BCUT2D eigenvalue weighted by molar-refractivity contribution is -0.124. The van der Waals surface area contributed by atoms with Crippen molar-refractivity contribution < 1.29 is 14.4 Å². The largest absolute Gasteiger partial charge is 0.356 e. The van der Waals surface area contributed by atoms with E-state index in [4.69, 9.17) is 0 Å². The van der Waals surface area contributed by atoms with Crippen LogP contribution in [0.3, 0.4) is 0 Å². The monoisotopic (exact) mass is 517 g/mol. The van der Waals surface area contributed by atoms with Crippen LogP contribution in [-0.4, -0.2) is 37.4 Å². The molecule has 4 aliphatic carbocycles. The van der Waals surface area contributed by atoms with Crippen molar-refractivity contribution in [3.8, 4) is 0 Å². The van der Waals surface area contributed by atoms with E-state index < -0.39 is 0 Å². The van der Waals surface area contributed by atoms with Crippen LogP contribution in [0.15, 0.2) is 0 Å². The number of nitrogens with one attached hydrogen (secondary N) is 3. The minimum Gasteiger partial charge on any atom is -0.356 e. The molecule has 212 valence electrons. The highest BCUT2D eigenvalue weighted by Crippen LogP contribution is 2.69. The summed E-state index contributed by atoms with van der Waals surface area (Å²) in [5.74, 6) is 1.25. The highest BCUT2D eigenvalue weighted by Gasteiger charge is 2.58. The summed E-state index contributed by atoms with van der Waals surface area (Å²) in [6.07, 6.45) is 20.6. The first kappa shape index (κ1) is 30.0. The quantitative estimate of drug-likeness (QED) is 0.223. The second-order valence-corrected chi connectivity index (χ2v) is 13.6. The zero-order valence-corrected chi connectivity index (χ0v) is 24.3.